The quantitative estimate of drug-likeness (QED) is 0.652. The number of halogens is 1. The molecule has 2 rings (SSSR count). The molecular weight excluding hydrogens is 324 g/mol. The van der Waals surface area contributed by atoms with Gasteiger partial charge >= 0.3 is 0 Å². The molecule has 24 heavy (non-hydrogen) atoms. The Labute approximate surface area is 150 Å². The van der Waals surface area contributed by atoms with Gasteiger partial charge in [0.15, 0.2) is 5.96 Å². The SMILES string of the molecule is CN=C(NCC(C)N1CCOCC1C)N(C)Cc1ccccc1Cl. The third-order valence-corrected chi connectivity index (χ3v) is 4.85. The normalized spacial score (nSPS) is 20.7. The molecule has 2 unspecified atom stereocenters. The fourth-order valence-electron chi connectivity index (χ4n) is 3.09. The zero-order chi connectivity index (χ0) is 17.5. The molecule has 0 amide bonds. The van der Waals surface area contributed by atoms with Crippen LogP contribution >= 0.6 is 11.6 Å². The van der Waals surface area contributed by atoms with Crippen molar-refractivity contribution in [3.63, 3.8) is 0 Å². The number of hydrogen-bond donors (Lipinski definition) is 1. The number of guanidine groups is 1. The third-order valence-electron chi connectivity index (χ3n) is 4.48. The van der Waals surface area contributed by atoms with Gasteiger partial charge in [0.2, 0.25) is 0 Å². The highest BCUT2D eigenvalue weighted by Crippen LogP contribution is 2.16. The van der Waals surface area contributed by atoms with Crippen molar-refractivity contribution in [2.75, 3.05) is 40.4 Å². The average molecular weight is 353 g/mol. The fourth-order valence-corrected chi connectivity index (χ4v) is 3.29. The number of benzene rings is 1. The third kappa shape index (κ3) is 5.10. The first-order valence-electron chi connectivity index (χ1n) is 8.51. The van der Waals surface area contributed by atoms with Crippen LogP contribution in [0, 0.1) is 0 Å². The van der Waals surface area contributed by atoms with Gasteiger partial charge in [0.05, 0.1) is 13.2 Å². The lowest BCUT2D eigenvalue weighted by molar-refractivity contribution is -0.0175. The first kappa shape index (κ1) is 19.0. The van der Waals surface area contributed by atoms with E-state index in [1.807, 2.05) is 38.4 Å². The molecule has 0 saturated carbocycles. The van der Waals surface area contributed by atoms with Gasteiger partial charge in [-0.1, -0.05) is 29.8 Å². The molecule has 0 aromatic heterocycles. The molecule has 1 aromatic rings. The second kappa shape index (κ2) is 9.25. The molecule has 6 heteroatoms. The highest BCUT2D eigenvalue weighted by atomic mass is 35.5. The zero-order valence-electron chi connectivity index (χ0n) is 15.1. The van der Waals surface area contributed by atoms with E-state index in [0.717, 1.165) is 49.4 Å². The fraction of sp³-hybridized carbons (Fsp3) is 0.611. The Morgan fingerprint density at radius 2 is 2.25 bits per heavy atom. The maximum absolute atomic E-state index is 6.26. The molecule has 2 atom stereocenters. The summed E-state index contributed by atoms with van der Waals surface area (Å²) in [5, 5.41) is 4.26. The minimum Gasteiger partial charge on any atom is -0.379 e. The van der Waals surface area contributed by atoms with Crippen LogP contribution in [0.25, 0.3) is 0 Å². The van der Waals surface area contributed by atoms with Crippen LogP contribution in [0.4, 0.5) is 0 Å². The van der Waals surface area contributed by atoms with Crippen LogP contribution in [0.3, 0.4) is 0 Å². The molecule has 1 aliphatic heterocycles. The van der Waals surface area contributed by atoms with Gasteiger partial charge in [0.1, 0.15) is 0 Å². The smallest absolute Gasteiger partial charge is 0.193 e. The molecule has 1 aromatic carbocycles. The van der Waals surface area contributed by atoms with Crippen molar-refractivity contribution in [3.8, 4) is 0 Å². The minimum atomic E-state index is 0.425. The standard InChI is InChI=1S/C18H29ClN4O/c1-14(23-9-10-24-13-15(23)2)11-21-18(20-3)22(4)12-16-7-5-6-8-17(16)19/h5-8,14-15H,9-13H2,1-4H3,(H,20,21). The van der Waals surface area contributed by atoms with E-state index in [-0.39, 0.29) is 0 Å². The van der Waals surface area contributed by atoms with Gasteiger partial charge in [-0.3, -0.25) is 9.89 Å². The lowest BCUT2D eigenvalue weighted by Gasteiger charge is -2.38. The number of morpholine rings is 1. The Morgan fingerprint density at radius 3 is 2.92 bits per heavy atom. The summed E-state index contributed by atoms with van der Waals surface area (Å²) < 4.78 is 5.52. The Bertz CT molecular complexity index is 552. The summed E-state index contributed by atoms with van der Waals surface area (Å²) in [5.41, 5.74) is 1.10. The van der Waals surface area contributed by atoms with E-state index >= 15 is 0 Å². The van der Waals surface area contributed by atoms with Gasteiger partial charge in [-0.2, -0.15) is 0 Å². The summed E-state index contributed by atoms with van der Waals surface area (Å²) in [4.78, 5) is 8.97. The molecule has 1 heterocycles. The summed E-state index contributed by atoms with van der Waals surface area (Å²) in [5.74, 6) is 0.877. The maximum Gasteiger partial charge on any atom is 0.193 e. The highest BCUT2D eigenvalue weighted by Gasteiger charge is 2.23. The summed E-state index contributed by atoms with van der Waals surface area (Å²) in [6, 6.07) is 8.80. The molecule has 5 nitrogen and oxygen atoms in total. The Hall–Kier alpha value is -1.30. The summed E-state index contributed by atoms with van der Waals surface area (Å²) in [7, 11) is 3.84. The van der Waals surface area contributed by atoms with E-state index in [9.17, 15) is 0 Å². The number of aliphatic imine (C=N–C) groups is 1. The zero-order valence-corrected chi connectivity index (χ0v) is 15.9. The van der Waals surface area contributed by atoms with Gasteiger partial charge in [-0.15, -0.1) is 0 Å². The molecule has 1 aliphatic rings. The van der Waals surface area contributed by atoms with Crippen molar-refractivity contribution in [2.24, 2.45) is 4.99 Å². The molecular formula is C18H29ClN4O. The van der Waals surface area contributed by atoms with Gasteiger partial charge in [0, 0.05) is 50.8 Å². The lowest BCUT2D eigenvalue weighted by Crippen LogP contribution is -2.53. The summed E-state index contributed by atoms with van der Waals surface area (Å²) in [6.07, 6.45) is 0. The molecule has 0 spiro atoms. The van der Waals surface area contributed by atoms with E-state index in [2.05, 4.69) is 34.0 Å². The van der Waals surface area contributed by atoms with E-state index < -0.39 is 0 Å². The van der Waals surface area contributed by atoms with E-state index in [0.29, 0.717) is 12.1 Å². The largest absolute Gasteiger partial charge is 0.379 e. The Kier molecular flexibility index (Phi) is 7.34. The van der Waals surface area contributed by atoms with Crippen molar-refractivity contribution in [1.29, 1.82) is 0 Å². The van der Waals surface area contributed by atoms with Crippen molar-refractivity contribution in [1.82, 2.24) is 15.1 Å². The molecule has 0 bridgehead atoms. The average Bonchev–Trinajstić information content (AvgIpc) is 2.57. The van der Waals surface area contributed by atoms with E-state index in [1.165, 1.54) is 0 Å². The summed E-state index contributed by atoms with van der Waals surface area (Å²) >= 11 is 6.26. The molecule has 1 fully saturated rings. The van der Waals surface area contributed by atoms with Crippen molar-refractivity contribution < 1.29 is 4.74 Å². The van der Waals surface area contributed by atoms with Gasteiger partial charge in [-0.25, -0.2) is 0 Å². The second-order valence-electron chi connectivity index (χ2n) is 6.39. The molecule has 1 N–H and O–H groups in total. The topological polar surface area (TPSA) is 40.1 Å². The van der Waals surface area contributed by atoms with Gasteiger partial charge < -0.3 is 15.0 Å². The van der Waals surface area contributed by atoms with Crippen LogP contribution in [-0.2, 0) is 11.3 Å². The van der Waals surface area contributed by atoms with Crippen LogP contribution in [0.1, 0.15) is 19.4 Å². The highest BCUT2D eigenvalue weighted by molar-refractivity contribution is 6.31. The van der Waals surface area contributed by atoms with Crippen molar-refractivity contribution in [3.05, 3.63) is 34.9 Å². The van der Waals surface area contributed by atoms with Crippen LogP contribution in [0.5, 0.6) is 0 Å². The van der Waals surface area contributed by atoms with Gasteiger partial charge in [-0.05, 0) is 25.5 Å². The Morgan fingerprint density at radius 1 is 1.50 bits per heavy atom. The Balaban J connectivity index is 1.88. The number of hydrogen-bond acceptors (Lipinski definition) is 3. The van der Waals surface area contributed by atoms with Crippen molar-refractivity contribution in [2.45, 2.75) is 32.5 Å². The lowest BCUT2D eigenvalue weighted by atomic mass is 10.2. The molecule has 1 saturated heterocycles. The number of nitrogens with one attached hydrogen (secondary N) is 1. The second-order valence-corrected chi connectivity index (χ2v) is 6.79. The number of nitrogens with zero attached hydrogens (tertiary/aromatic N) is 3. The molecule has 134 valence electrons. The minimum absolute atomic E-state index is 0.425. The molecule has 0 radical (unpaired) electrons. The molecule has 0 aliphatic carbocycles. The predicted molar refractivity (Wildman–Crippen MR) is 101 cm³/mol. The van der Waals surface area contributed by atoms with Crippen LogP contribution in [0.2, 0.25) is 5.02 Å². The monoisotopic (exact) mass is 352 g/mol. The van der Waals surface area contributed by atoms with E-state index in [1.54, 1.807) is 0 Å². The van der Waals surface area contributed by atoms with Crippen LogP contribution in [0.15, 0.2) is 29.3 Å². The first-order valence-corrected chi connectivity index (χ1v) is 8.89. The van der Waals surface area contributed by atoms with E-state index in [4.69, 9.17) is 16.3 Å². The van der Waals surface area contributed by atoms with Crippen LogP contribution in [-0.4, -0.2) is 68.2 Å². The summed E-state index contributed by atoms with van der Waals surface area (Å²) in [6.45, 7) is 8.65. The van der Waals surface area contributed by atoms with Crippen LogP contribution < -0.4 is 5.32 Å². The van der Waals surface area contributed by atoms with Crippen molar-refractivity contribution >= 4 is 17.6 Å². The first-order chi connectivity index (χ1) is 11.5. The number of rotatable bonds is 5. The maximum atomic E-state index is 6.26. The number of ether oxygens (including phenoxy) is 1. The van der Waals surface area contributed by atoms with Gasteiger partial charge in [0.25, 0.3) is 0 Å². The predicted octanol–water partition coefficient (Wildman–Crippen LogP) is 2.46.